The standard InChI is InChI=1S/C17H17N5O2/c23-16(13-2-1-9-24-13)22-8-7-21(10-17(22)4-5-17)15-12-3-6-18-14(12)19-11-20-15/h1-3,6,9,11H,4-5,7-8,10H2,(H,18,19,20). The van der Waals surface area contributed by atoms with Crippen LogP contribution in [0.1, 0.15) is 23.4 Å². The molecule has 1 spiro atoms. The van der Waals surface area contributed by atoms with Gasteiger partial charge in [0.25, 0.3) is 5.91 Å². The zero-order valence-corrected chi connectivity index (χ0v) is 13.1. The summed E-state index contributed by atoms with van der Waals surface area (Å²) in [5.74, 6) is 1.36. The first-order chi connectivity index (χ1) is 11.8. The Morgan fingerprint density at radius 2 is 2.17 bits per heavy atom. The Kier molecular flexibility index (Phi) is 2.74. The van der Waals surface area contributed by atoms with Crippen molar-refractivity contribution in [2.45, 2.75) is 18.4 Å². The minimum Gasteiger partial charge on any atom is -0.459 e. The Morgan fingerprint density at radius 1 is 1.25 bits per heavy atom. The van der Waals surface area contributed by atoms with Gasteiger partial charge in [0.2, 0.25) is 0 Å². The Balaban J connectivity index is 1.44. The summed E-state index contributed by atoms with van der Waals surface area (Å²) in [6, 6.07) is 5.50. The first kappa shape index (κ1) is 13.6. The maximum Gasteiger partial charge on any atom is 0.290 e. The lowest BCUT2D eigenvalue weighted by atomic mass is 10.1. The topological polar surface area (TPSA) is 78.3 Å². The van der Waals surface area contributed by atoms with Crippen LogP contribution in [0.15, 0.2) is 41.4 Å². The van der Waals surface area contributed by atoms with Gasteiger partial charge in [0, 0.05) is 25.8 Å². The molecule has 7 nitrogen and oxygen atoms in total. The normalized spacial score (nSPS) is 19.2. The summed E-state index contributed by atoms with van der Waals surface area (Å²) in [5, 5.41) is 1.03. The van der Waals surface area contributed by atoms with E-state index in [0.29, 0.717) is 12.3 Å². The van der Waals surface area contributed by atoms with Crippen LogP contribution in [-0.4, -0.2) is 50.9 Å². The summed E-state index contributed by atoms with van der Waals surface area (Å²) >= 11 is 0. The fourth-order valence-electron chi connectivity index (χ4n) is 3.69. The second-order valence-electron chi connectivity index (χ2n) is 6.52. The van der Waals surface area contributed by atoms with Crippen LogP contribution < -0.4 is 4.90 Å². The first-order valence-corrected chi connectivity index (χ1v) is 8.15. The minimum atomic E-state index is -0.0876. The molecule has 0 aromatic carbocycles. The van der Waals surface area contributed by atoms with E-state index in [2.05, 4.69) is 19.9 Å². The number of aromatic amines is 1. The molecule has 0 bridgehead atoms. The van der Waals surface area contributed by atoms with Gasteiger partial charge < -0.3 is 19.2 Å². The van der Waals surface area contributed by atoms with Crippen molar-refractivity contribution in [3.05, 3.63) is 42.7 Å². The zero-order valence-electron chi connectivity index (χ0n) is 13.1. The maximum atomic E-state index is 12.7. The molecule has 3 aromatic rings. The van der Waals surface area contributed by atoms with Gasteiger partial charge in [0.05, 0.1) is 17.2 Å². The molecule has 3 aromatic heterocycles. The van der Waals surface area contributed by atoms with Crippen molar-refractivity contribution < 1.29 is 9.21 Å². The van der Waals surface area contributed by atoms with Crippen LogP contribution in [-0.2, 0) is 0 Å². The average Bonchev–Trinajstić information content (AvgIpc) is 3.07. The number of rotatable bonds is 2. The van der Waals surface area contributed by atoms with Crippen LogP contribution in [0.4, 0.5) is 5.82 Å². The molecule has 2 fully saturated rings. The molecule has 24 heavy (non-hydrogen) atoms. The van der Waals surface area contributed by atoms with Gasteiger partial charge in [-0.25, -0.2) is 9.97 Å². The van der Waals surface area contributed by atoms with E-state index >= 15 is 0 Å². The summed E-state index contributed by atoms with van der Waals surface area (Å²) in [6.45, 7) is 2.23. The predicted molar refractivity (Wildman–Crippen MR) is 87.8 cm³/mol. The van der Waals surface area contributed by atoms with Crippen LogP contribution >= 0.6 is 0 Å². The molecular weight excluding hydrogens is 306 g/mol. The van der Waals surface area contributed by atoms with Crippen LogP contribution in [0.3, 0.4) is 0 Å². The molecule has 1 N–H and O–H groups in total. The molecule has 1 aliphatic carbocycles. The first-order valence-electron chi connectivity index (χ1n) is 8.15. The number of hydrogen-bond donors (Lipinski definition) is 1. The van der Waals surface area contributed by atoms with E-state index in [1.54, 1.807) is 24.7 Å². The second-order valence-corrected chi connectivity index (χ2v) is 6.52. The number of nitrogens with zero attached hydrogens (tertiary/aromatic N) is 4. The highest BCUT2D eigenvalue weighted by molar-refractivity contribution is 5.93. The van der Waals surface area contributed by atoms with E-state index < -0.39 is 0 Å². The number of aromatic nitrogens is 3. The summed E-state index contributed by atoms with van der Waals surface area (Å²) in [6.07, 6.45) is 7.07. The number of anilines is 1. The van der Waals surface area contributed by atoms with Crippen LogP contribution in [0.25, 0.3) is 11.0 Å². The van der Waals surface area contributed by atoms with Crippen LogP contribution in [0.5, 0.6) is 0 Å². The maximum absolute atomic E-state index is 12.7. The number of carbonyl (C=O) groups excluding carboxylic acids is 1. The summed E-state index contributed by atoms with van der Waals surface area (Å²) in [7, 11) is 0. The third-order valence-electron chi connectivity index (χ3n) is 5.09. The van der Waals surface area contributed by atoms with Crippen LogP contribution in [0, 0.1) is 0 Å². The molecule has 1 saturated carbocycles. The number of carbonyl (C=O) groups is 1. The van der Waals surface area contributed by atoms with Gasteiger partial charge in [-0.3, -0.25) is 4.79 Å². The lowest BCUT2D eigenvalue weighted by molar-refractivity contribution is 0.0591. The van der Waals surface area contributed by atoms with Crippen molar-refractivity contribution in [1.82, 2.24) is 19.9 Å². The van der Waals surface area contributed by atoms with Gasteiger partial charge in [0.15, 0.2) is 5.76 Å². The van der Waals surface area contributed by atoms with E-state index in [-0.39, 0.29) is 11.4 Å². The monoisotopic (exact) mass is 323 g/mol. The summed E-state index contributed by atoms with van der Waals surface area (Å²) in [5.41, 5.74) is 0.759. The second kappa shape index (κ2) is 4.83. The lowest BCUT2D eigenvalue weighted by Gasteiger charge is -2.42. The smallest absolute Gasteiger partial charge is 0.290 e. The molecule has 5 rings (SSSR count). The van der Waals surface area contributed by atoms with Gasteiger partial charge in [-0.05, 0) is 31.0 Å². The lowest BCUT2D eigenvalue weighted by Crippen LogP contribution is -2.57. The average molecular weight is 323 g/mol. The molecule has 7 heteroatoms. The molecule has 4 heterocycles. The third-order valence-corrected chi connectivity index (χ3v) is 5.09. The number of nitrogens with one attached hydrogen (secondary N) is 1. The van der Waals surface area contributed by atoms with Gasteiger partial charge in [0.1, 0.15) is 17.8 Å². The minimum absolute atomic E-state index is 0.00775. The highest BCUT2D eigenvalue weighted by atomic mass is 16.3. The number of furan rings is 1. The third kappa shape index (κ3) is 1.94. The van der Waals surface area contributed by atoms with E-state index in [1.807, 2.05) is 17.2 Å². The van der Waals surface area contributed by atoms with Gasteiger partial charge in [-0.2, -0.15) is 0 Å². The molecule has 0 atom stereocenters. The van der Waals surface area contributed by atoms with Crippen molar-refractivity contribution >= 4 is 22.8 Å². The van der Waals surface area contributed by atoms with Crippen molar-refractivity contribution in [3.63, 3.8) is 0 Å². The number of hydrogen-bond acceptors (Lipinski definition) is 5. The largest absolute Gasteiger partial charge is 0.459 e. The number of amides is 1. The van der Waals surface area contributed by atoms with E-state index in [1.165, 1.54) is 0 Å². The molecule has 122 valence electrons. The van der Waals surface area contributed by atoms with Crippen molar-refractivity contribution in [3.8, 4) is 0 Å². The Hall–Kier alpha value is -2.83. The molecule has 1 amide bonds. The van der Waals surface area contributed by atoms with Crippen molar-refractivity contribution in [2.75, 3.05) is 24.5 Å². The highest BCUT2D eigenvalue weighted by Crippen LogP contribution is 2.46. The quantitative estimate of drug-likeness (QED) is 0.781. The highest BCUT2D eigenvalue weighted by Gasteiger charge is 2.54. The molecule has 0 unspecified atom stereocenters. The molecule has 1 aliphatic heterocycles. The number of piperazine rings is 1. The zero-order chi connectivity index (χ0) is 16.1. The van der Waals surface area contributed by atoms with Gasteiger partial charge >= 0.3 is 0 Å². The Bertz CT molecular complexity index is 897. The fourth-order valence-corrected chi connectivity index (χ4v) is 3.69. The van der Waals surface area contributed by atoms with E-state index in [0.717, 1.165) is 42.8 Å². The molecular formula is C17H17N5O2. The van der Waals surface area contributed by atoms with Crippen molar-refractivity contribution in [2.24, 2.45) is 0 Å². The fraction of sp³-hybridized carbons (Fsp3) is 0.353. The Morgan fingerprint density at radius 3 is 2.96 bits per heavy atom. The summed E-state index contributed by atoms with van der Waals surface area (Å²) in [4.78, 5) is 28.8. The molecule has 1 saturated heterocycles. The molecule has 0 radical (unpaired) electrons. The summed E-state index contributed by atoms with van der Waals surface area (Å²) < 4.78 is 5.30. The van der Waals surface area contributed by atoms with Crippen molar-refractivity contribution in [1.29, 1.82) is 0 Å². The number of fused-ring (bicyclic) bond motifs is 1. The van der Waals surface area contributed by atoms with Crippen LogP contribution in [0.2, 0.25) is 0 Å². The SMILES string of the molecule is O=C(c1ccco1)N1CCN(c2ncnc3[nH]ccc23)CC12CC2. The number of H-pyrrole nitrogens is 1. The Labute approximate surface area is 138 Å². The van der Waals surface area contributed by atoms with E-state index in [9.17, 15) is 4.79 Å². The predicted octanol–water partition coefficient (Wildman–Crippen LogP) is 2.05. The molecule has 2 aliphatic rings. The van der Waals surface area contributed by atoms with E-state index in [4.69, 9.17) is 4.42 Å². The van der Waals surface area contributed by atoms with Gasteiger partial charge in [-0.1, -0.05) is 0 Å². The van der Waals surface area contributed by atoms with Gasteiger partial charge in [-0.15, -0.1) is 0 Å².